The average Bonchev–Trinajstić information content (AvgIpc) is 3.17. The van der Waals surface area contributed by atoms with E-state index in [-0.39, 0.29) is 12.4 Å². The van der Waals surface area contributed by atoms with Crippen LogP contribution in [0.5, 0.6) is 11.5 Å². The molecule has 0 spiro atoms. The van der Waals surface area contributed by atoms with Crippen LogP contribution in [0.25, 0.3) is 11.1 Å². The van der Waals surface area contributed by atoms with Crippen LogP contribution in [-0.4, -0.2) is 36.9 Å². The number of hydrogen-bond donors (Lipinski definition) is 1. The summed E-state index contributed by atoms with van der Waals surface area (Å²) in [6.07, 6.45) is -12.3. The molecule has 0 aliphatic carbocycles. The van der Waals surface area contributed by atoms with Crippen LogP contribution in [0, 0.1) is 6.92 Å². The van der Waals surface area contributed by atoms with Gasteiger partial charge in [0.05, 0.1) is 18.3 Å². The molecule has 34 heavy (non-hydrogen) atoms. The molecule has 0 saturated carbocycles. The maximum Gasteiger partial charge on any atom is 0.573 e. The van der Waals surface area contributed by atoms with Crippen molar-refractivity contribution in [1.82, 2.24) is 0 Å². The molecule has 4 rings (SSSR count). The number of nitrogens with zero attached hydrogens (tertiary/aromatic N) is 1. The van der Waals surface area contributed by atoms with Crippen molar-refractivity contribution in [3.8, 4) is 22.6 Å². The van der Waals surface area contributed by atoms with E-state index >= 15 is 0 Å². The third kappa shape index (κ3) is 5.10. The molecule has 1 aromatic heterocycles. The molecule has 3 aromatic rings. The lowest BCUT2D eigenvalue weighted by Crippen LogP contribution is -2.45. The molecule has 0 radical (unpaired) electrons. The van der Waals surface area contributed by atoms with Gasteiger partial charge in [-0.15, -0.1) is 24.5 Å². The standard InChI is InChI=1S/C23H19F6NO3S/c1-13-8-9-34-21(13)18-12-32-20-16(14-4-2-5-15(10-14)33-23(27,28)29)6-3-7-17(20)30(18)11-19(31)22(24,25)26/h2-10,18-19,31H,11-12H2,1H3. The minimum Gasteiger partial charge on any atom is -0.488 e. The van der Waals surface area contributed by atoms with Crippen LogP contribution in [0.1, 0.15) is 16.5 Å². The first-order chi connectivity index (χ1) is 15.9. The largest absolute Gasteiger partial charge is 0.573 e. The van der Waals surface area contributed by atoms with E-state index in [1.54, 1.807) is 24.3 Å². The van der Waals surface area contributed by atoms with E-state index in [4.69, 9.17) is 4.74 Å². The van der Waals surface area contributed by atoms with E-state index in [1.165, 1.54) is 28.4 Å². The molecule has 2 heterocycles. The number of benzene rings is 2. The highest BCUT2D eigenvalue weighted by Crippen LogP contribution is 2.47. The minimum atomic E-state index is -4.87. The van der Waals surface area contributed by atoms with Gasteiger partial charge in [0, 0.05) is 10.4 Å². The SMILES string of the molecule is Cc1ccsc1C1COc2c(-c3cccc(OC(F)(F)F)c3)cccc2N1CC(O)C(F)(F)F. The van der Waals surface area contributed by atoms with Crippen LogP contribution in [0.3, 0.4) is 0 Å². The average molecular weight is 503 g/mol. The van der Waals surface area contributed by atoms with Crippen molar-refractivity contribution in [2.24, 2.45) is 0 Å². The summed E-state index contributed by atoms with van der Waals surface area (Å²) in [6.45, 7) is 1.10. The highest BCUT2D eigenvalue weighted by atomic mass is 32.1. The minimum absolute atomic E-state index is 0.00527. The number of para-hydroxylation sites is 1. The van der Waals surface area contributed by atoms with Gasteiger partial charge in [-0.3, -0.25) is 0 Å². The molecule has 1 N–H and O–H groups in total. The number of fused-ring (bicyclic) bond motifs is 1. The first kappa shape index (κ1) is 24.2. The molecule has 0 saturated heterocycles. The van der Waals surface area contributed by atoms with Crippen molar-refractivity contribution in [2.45, 2.75) is 31.6 Å². The van der Waals surface area contributed by atoms with Gasteiger partial charge < -0.3 is 19.5 Å². The lowest BCUT2D eigenvalue weighted by molar-refractivity contribution is -0.274. The zero-order valence-electron chi connectivity index (χ0n) is 17.7. The fourth-order valence-corrected chi connectivity index (χ4v) is 4.89. The van der Waals surface area contributed by atoms with Gasteiger partial charge in [-0.25, -0.2) is 0 Å². The fraction of sp³-hybridized carbons (Fsp3) is 0.304. The van der Waals surface area contributed by atoms with Crippen molar-refractivity contribution in [1.29, 1.82) is 0 Å². The summed E-state index contributed by atoms with van der Waals surface area (Å²) in [5.74, 6) is -0.221. The van der Waals surface area contributed by atoms with Gasteiger partial charge in [-0.05, 0) is 47.7 Å². The van der Waals surface area contributed by atoms with E-state index in [2.05, 4.69) is 4.74 Å². The van der Waals surface area contributed by atoms with Crippen molar-refractivity contribution < 1.29 is 40.9 Å². The number of aryl methyl sites for hydroxylation is 1. The normalized spacial score (nSPS) is 17.2. The van der Waals surface area contributed by atoms with Crippen LogP contribution in [0.2, 0.25) is 0 Å². The van der Waals surface area contributed by atoms with Crippen LogP contribution in [0.15, 0.2) is 53.9 Å². The Morgan fingerprint density at radius 3 is 2.50 bits per heavy atom. The first-order valence-electron chi connectivity index (χ1n) is 10.1. The van der Waals surface area contributed by atoms with Gasteiger partial charge in [-0.1, -0.05) is 24.3 Å². The number of halogens is 6. The number of thiophene rings is 1. The summed E-state index contributed by atoms with van der Waals surface area (Å²) in [5.41, 5.74) is 1.90. The summed E-state index contributed by atoms with van der Waals surface area (Å²) in [7, 11) is 0. The zero-order valence-corrected chi connectivity index (χ0v) is 18.5. The van der Waals surface area contributed by atoms with Gasteiger partial charge in [0.2, 0.25) is 0 Å². The Kier molecular flexibility index (Phi) is 6.43. The quantitative estimate of drug-likeness (QED) is 0.405. The number of rotatable bonds is 5. The molecule has 11 heteroatoms. The third-order valence-electron chi connectivity index (χ3n) is 5.40. The molecule has 0 fully saturated rings. The van der Waals surface area contributed by atoms with Gasteiger partial charge in [-0.2, -0.15) is 13.2 Å². The second kappa shape index (κ2) is 9.03. The second-order valence-electron chi connectivity index (χ2n) is 7.73. The lowest BCUT2D eigenvalue weighted by Gasteiger charge is -2.40. The highest BCUT2D eigenvalue weighted by Gasteiger charge is 2.42. The van der Waals surface area contributed by atoms with Crippen molar-refractivity contribution in [2.75, 3.05) is 18.1 Å². The molecule has 182 valence electrons. The number of alkyl halides is 6. The first-order valence-corrected chi connectivity index (χ1v) is 11.0. The van der Waals surface area contributed by atoms with Crippen molar-refractivity contribution >= 4 is 17.0 Å². The van der Waals surface area contributed by atoms with Gasteiger partial charge in [0.25, 0.3) is 0 Å². The number of β-amino-alcohol motifs (C(OH)–C–C–N with tert-alkyl or cyclic N) is 1. The Morgan fingerprint density at radius 2 is 1.85 bits per heavy atom. The van der Waals surface area contributed by atoms with Gasteiger partial charge in [0.15, 0.2) is 11.9 Å². The summed E-state index contributed by atoms with van der Waals surface area (Å²) in [4.78, 5) is 2.24. The topological polar surface area (TPSA) is 41.9 Å². The van der Waals surface area contributed by atoms with Crippen LogP contribution >= 0.6 is 11.3 Å². The van der Waals surface area contributed by atoms with E-state index in [0.717, 1.165) is 16.5 Å². The Balaban J connectivity index is 1.77. The van der Waals surface area contributed by atoms with Crippen LogP contribution in [0.4, 0.5) is 32.0 Å². The number of anilines is 1. The predicted molar refractivity (Wildman–Crippen MR) is 115 cm³/mol. The van der Waals surface area contributed by atoms with Gasteiger partial charge in [0.1, 0.15) is 12.4 Å². The second-order valence-corrected chi connectivity index (χ2v) is 8.68. The predicted octanol–water partition coefficient (Wildman–Crippen LogP) is 6.49. The monoisotopic (exact) mass is 503 g/mol. The Morgan fingerprint density at radius 1 is 1.12 bits per heavy atom. The van der Waals surface area contributed by atoms with Gasteiger partial charge >= 0.3 is 12.5 Å². The third-order valence-corrected chi connectivity index (χ3v) is 6.52. The maximum absolute atomic E-state index is 13.2. The lowest BCUT2D eigenvalue weighted by atomic mass is 10.00. The molecule has 0 bridgehead atoms. The molecule has 1 aliphatic rings. The number of aliphatic hydroxyl groups excluding tert-OH is 1. The molecule has 1 aliphatic heterocycles. The fourth-order valence-electron chi connectivity index (χ4n) is 3.87. The highest BCUT2D eigenvalue weighted by molar-refractivity contribution is 7.10. The van der Waals surface area contributed by atoms with Crippen molar-refractivity contribution in [3.05, 3.63) is 64.4 Å². The zero-order chi connectivity index (χ0) is 24.7. The molecule has 2 aromatic carbocycles. The number of hydrogen-bond acceptors (Lipinski definition) is 5. The summed E-state index contributed by atoms with van der Waals surface area (Å²) in [5, 5.41) is 11.7. The van der Waals surface area contributed by atoms with E-state index in [0.29, 0.717) is 16.8 Å². The van der Waals surface area contributed by atoms with Crippen molar-refractivity contribution in [3.63, 3.8) is 0 Å². The summed E-state index contributed by atoms with van der Waals surface area (Å²) < 4.78 is 87.7. The molecule has 0 amide bonds. The Labute approximate surface area is 195 Å². The smallest absolute Gasteiger partial charge is 0.488 e. The summed E-state index contributed by atoms with van der Waals surface area (Å²) in [6, 6.07) is 11.2. The molecular formula is C23H19F6NO3S. The van der Waals surface area contributed by atoms with Crippen LogP contribution < -0.4 is 14.4 Å². The maximum atomic E-state index is 13.2. The number of aliphatic hydroxyl groups is 1. The molecule has 2 unspecified atom stereocenters. The molecule has 4 nitrogen and oxygen atoms in total. The molecule has 2 atom stereocenters. The Bertz CT molecular complexity index is 1160. The van der Waals surface area contributed by atoms with E-state index in [1.807, 2.05) is 18.4 Å². The van der Waals surface area contributed by atoms with E-state index < -0.39 is 37.0 Å². The van der Waals surface area contributed by atoms with Crippen LogP contribution in [-0.2, 0) is 0 Å². The Hall–Kier alpha value is -2.92. The summed E-state index contributed by atoms with van der Waals surface area (Å²) >= 11 is 1.37. The molecular weight excluding hydrogens is 484 g/mol. The van der Waals surface area contributed by atoms with E-state index in [9.17, 15) is 31.4 Å². The number of ether oxygens (including phenoxy) is 2.